The van der Waals surface area contributed by atoms with Crippen LogP contribution in [0.1, 0.15) is 12.0 Å². The summed E-state index contributed by atoms with van der Waals surface area (Å²) in [5.74, 6) is -0.0950. The number of nitrogens with one attached hydrogen (secondary N) is 1. The molecular weight excluding hydrogens is 307 g/mol. The first-order valence-electron chi connectivity index (χ1n) is 8.02. The SMILES string of the molecule is FC(F)(F)Oc1ccccc1CN1CCN(C2CCNC2)CC1. The molecule has 1 aromatic rings. The zero-order chi connectivity index (χ0) is 16.3. The zero-order valence-electron chi connectivity index (χ0n) is 13.0. The lowest BCUT2D eigenvalue weighted by atomic mass is 10.1. The van der Waals surface area contributed by atoms with Crippen molar-refractivity contribution in [2.75, 3.05) is 39.3 Å². The second kappa shape index (κ2) is 7.07. The lowest BCUT2D eigenvalue weighted by Gasteiger charge is -2.38. The Bertz CT molecular complexity index is 510. The zero-order valence-corrected chi connectivity index (χ0v) is 13.0. The van der Waals surface area contributed by atoms with Gasteiger partial charge in [-0.25, -0.2) is 0 Å². The molecule has 0 spiro atoms. The van der Waals surface area contributed by atoms with Crippen LogP contribution >= 0.6 is 0 Å². The molecule has 0 radical (unpaired) electrons. The summed E-state index contributed by atoms with van der Waals surface area (Å²) in [5.41, 5.74) is 0.584. The lowest BCUT2D eigenvalue weighted by Crippen LogP contribution is -2.50. The minimum absolute atomic E-state index is 0.0950. The van der Waals surface area contributed by atoms with E-state index in [1.165, 1.54) is 12.5 Å². The van der Waals surface area contributed by atoms with E-state index in [0.717, 1.165) is 39.3 Å². The van der Waals surface area contributed by atoms with Crippen LogP contribution in [0.25, 0.3) is 0 Å². The number of ether oxygens (including phenoxy) is 1. The van der Waals surface area contributed by atoms with Crippen LogP contribution in [0.15, 0.2) is 24.3 Å². The van der Waals surface area contributed by atoms with Gasteiger partial charge in [-0.05, 0) is 19.0 Å². The van der Waals surface area contributed by atoms with Crippen molar-refractivity contribution in [2.24, 2.45) is 0 Å². The molecule has 3 rings (SSSR count). The van der Waals surface area contributed by atoms with Crippen molar-refractivity contribution in [3.8, 4) is 5.75 Å². The Morgan fingerprint density at radius 3 is 2.52 bits per heavy atom. The number of para-hydroxylation sites is 1. The van der Waals surface area contributed by atoms with E-state index in [0.29, 0.717) is 18.2 Å². The Balaban J connectivity index is 1.56. The van der Waals surface area contributed by atoms with E-state index >= 15 is 0 Å². The number of piperazine rings is 1. The minimum Gasteiger partial charge on any atom is -0.405 e. The molecule has 1 N–H and O–H groups in total. The highest BCUT2D eigenvalue weighted by Gasteiger charge is 2.32. The third-order valence-corrected chi connectivity index (χ3v) is 4.55. The summed E-state index contributed by atoms with van der Waals surface area (Å²) >= 11 is 0. The number of alkyl halides is 3. The molecule has 2 fully saturated rings. The Kier molecular flexibility index (Phi) is 5.08. The van der Waals surface area contributed by atoms with E-state index in [1.807, 2.05) is 0 Å². The van der Waals surface area contributed by atoms with E-state index in [4.69, 9.17) is 0 Å². The summed E-state index contributed by atoms with van der Waals surface area (Å²) in [6, 6.07) is 7.00. The van der Waals surface area contributed by atoms with Gasteiger partial charge < -0.3 is 10.1 Å². The summed E-state index contributed by atoms with van der Waals surface area (Å²) < 4.78 is 41.6. The van der Waals surface area contributed by atoms with E-state index in [9.17, 15) is 13.2 Å². The fourth-order valence-corrected chi connectivity index (χ4v) is 3.34. The van der Waals surface area contributed by atoms with Crippen LogP contribution in [-0.4, -0.2) is 61.5 Å². The number of benzene rings is 1. The third kappa shape index (κ3) is 4.59. The molecule has 2 aliphatic rings. The average molecular weight is 329 g/mol. The van der Waals surface area contributed by atoms with Crippen LogP contribution < -0.4 is 10.1 Å². The van der Waals surface area contributed by atoms with E-state index in [-0.39, 0.29) is 5.75 Å². The second-order valence-corrected chi connectivity index (χ2v) is 6.11. The van der Waals surface area contributed by atoms with Crippen LogP contribution in [0, 0.1) is 0 Å². The van der Waals surface area contributed by atoms with Crippen molar-refractivity contribution in [3.05, 3.63) is 29.8 Å². The molecule has 1 unspecified atom stereocenters. The van der Waals surface area contributed by atoms with Crippen LogP contribution in [0.4, 0.5) is 13.2 Å². The molecule has 0 bridgehead atoms. The van der Waals surface area contributed by atoms with Gasteiger partial charge in [0.1, 0.15) is 5.75 Å². The van der Waals surface area contributed by atoms with Gasteiger partial charge in [0.05, 0.1) is 0 Å². The third-order valence-electron chi connectivity index (χ3n) is 4.55. The monoisotopic (exact) mass is 329 g/mol. The predicted molar refractivity (Wildman–Crippen MR) is 81.2 cm³/mol. The predicted octanol–water partition coefficient (Wildman–Crippen LogP) is 2.06. The van der Waals surface area contributed by atoms with E-state index < -0.39 is 6.36 Å². The Morgan fingerprint density at radius 1 is 1.13 bits per heavy atom. The topological polar surface area (TPSA) is 27.7 Å². The van der Waals surface area contributed by atoms with E-state index in [2.05, 4.69) is 19.9 Å². The standard InChI is InChI=1S/C16H22F3N3O/c17-16(18,19)23-15-4-2-1-3-13(15)12-21-7-9-22(10-8-21)14-5-6-20-11-14/h1-4,14,20H,5-12H2. The van der Waals surface area contributed by atoms with Crippen molar-refractivity contribution in [2.45, 2.75) is 25.4 Å². The van der Waals surface area contributed by atoms with Gasteiger partial charge in [0, 0.05) is 50.9 Å². The maximum absolute atomic E-state index is 12.5. The maximum atomic E-state index is 12.5. The number of nitrogens with zero attached hydrogens (tertiary/aromatic N) is 2. The summed E-state index contributed by atoms with van der Waals surface area (Å²) in [7, 11) is 0. The molecular formula is C16H22F3N3O. The molecule has 2 saturated heterocycles. The molecule has 0 aliphatic carbocycles. The van der Waals surface area contributed by atoms with Gasteiger partial charge in [0.15, 0.2) is 0 Å². The summed E-state index contributed by atoms with van der Waals surface area (Å²) in [4.78, 5) is 4.67. The quantitative estimate of drug-likeness (QED) is 0.915. The minimum atomic E-state index is -4.65. The molecule has 1 atom stereocenters. The van der Waals surface area contributed by atoms with Crippen molar-refractivity contribution in [1.82, 2.24) is 15.1 Å². The molecule has 128 valence electrons. The largest absolute Gasteiger partial charge is 0.573 e. The highest BCUT2D eigenvalue weighted by molar-refractivity contribution is 5.33. The Labute approximate surface area is 134 Å². The first-order chi connectivity index (χ1) is 11.0. The lowest BCUT2D eigenvalue weighted by molar-refractivity contribution is -0.275. The molecule has 2 heterocycles. The fraction of sp³-hybridized carbons (Fsp3) is 0.625. The molecule has 23 heavy (non-hydrogen) atoms. The smallest absolute Gasteiger partial charge is 0.405 e. The Morgan fingerprint density at radius 2 is 1.87 bits per heavy atom. The molecule has 0 aromatic heterocycles. The van der Waals surface area contributed by atoms with Gasteiger partial charge in [-0.15, -0.1) is 13.2 Å². The molecule has 7 heteroatoms. The van der Waals surface area contributed by atoms with Crippen molar-refractivity contribution >= 4 is 0 Å². The number of rotatable bonds is 4. The van der Waals surface area contributed by atoms with Gasteiger partial charge in [-0.1, -0.05) is 18.2 Å². The van der Waals surface area contributed by atoms with Crippen LogP contribution in [0.5, 0.6) is 5.75 Å². The van der Waals surface area contributed by atoms with Gasteiger partial charge in [-0.2, -0.15) is 0 Å². The normalized spacial score (nSPS) is 24.0. The summed E-state index contributed by atoms with van der Waals surface area (Å²) in [6.45, 7) is 6.29. The maximum Gasteiger partial charge on any atom is 0.573 e. The van der Waals surface area contributed by atoms with Gasteiger partial charge in [-0.3, -0.25) is 9.80 Å². The summed E-state index contributed by atoms with van der Waals surface area (Å²) in [5, 5.41) is 3.37. The van der Waals surface area contributed by atoms with Gasteiger partial charge >= 0.3 is 6.36 Å². The number of halogens is 3. The number of hydrogen-bond donors (Lipinski definition) is 1. The highest BCUT2D eigenvalue weighted by atomic mass is 19.4. The van der Waals surface area contributed by atoms with E-state index in [1.54, 1.807) is 18.2 Å². The molecule has 0 saturated carbocycles. The summed E-state index contributed by atoms with van der Waals surface area (Å²) in [6.07, 6.45) is -3.47. The van der Waals surface area contributed by atoms with Crippen LogP contribution in [0.2, 0.25) is 0 Å². The molecule has 4 nitrogen and oxygen atoms in total. The average Bonchev–Trinajstić information content (AvgIpc) is 3.03. The van der Waals surface area contributed by atoms with Crippen molar-refractivity contribution in [3.63, 3.8) is 0 Å². The first-order valence-corrected chi connectivity index (χ1v) is 8.02. The highest BCUT2D eigenvalue weighted by Crippen LogP contribution is 2.27. The van der Waals surface area contributed by atoms with Crippen LogP contribution in [0.3, 0.4) is 0 Å². The molecule has 1 aromatic carbocycles. The van der Waals surface area contributed by atoms with Gasteiger partial charge in [0.25, 0.3) is 0 Å². The fourth-order valence-electron chi connectivity index (χ4n) is 3.34. The Hall–Kier alpha value is -1.31. The second-order valence-electron chi connectivity index (χ2n) is 6.11. The first kappa shape index (κ1) is 16.5. The van der Waals surface area contributed by atoms with Gasteiger partial charge in [0.2, 0.25) is 0 Å². The molecule has 0 amide bonds. The van der Waals surface area contributed by atoms with Crippen LogP contribution in [-0.2, 0) is 6.54 Å². The van der Waals surface area contributed by atoms with Crippen molar-refractivity contribution < 1.29 is 17.9 Å². The molecule has 2 aliphatic heterocycles. The van der Waals surface area contributed by atoms with Crippen molar-refractivity contribution in [1.29, 1.82) is 0 Å². The number of hydrogen-bond acceptors (Lipinski definition) is 4.